The number of amides is 2. The van der Waals surface area contributed by atoms with Crippen molar-refractivity contribution in [1.29, 1.82) is 0 Å². The fourth-order valence-electron chi connectivity index (χ4n) is 4.61. The molecule has 1 saturated heterocycles. The number of aliphatic hydroxyl groups excluding tert-OH is 1. The molecule has 1 aromatic carbocycles. The van der Waals surface area contributed by atoms with Crippen molar-refractivity contribution in [3.05, 3.63) is 30.0 Å². The molecule has 1 atom stereocenters. The van der Waals surface area contributed by atoms with Gasteiger partial charge in [0, 0.05) is 48.6 Å². The van der Waals surface area contributed by atoms with Crippen LogP contribution in [0.1, 0.15) is 63.2 Å². The van der Waals surface area contributed by atoms with Gasteiger partial charge in [-0.2, -0.15) is 0 Å². The highest BCUT2D eigenvalue weighted by molar-refractivity contribution is 6.05. The number of aromatic nitrogens is 2. The van der Waals surface area contributed by atoms with Gasteiger partial charge in [-0.25, -0.2) is 9.97 Å². The number of hydrogen-bond donors (Lipinski definition) is 3. The van der Waals surface area contributed by atoms with Crippen LogP contribution in [-0.2, 0) is 4.79 Å². The number of likely N-dealkylation sites (tertiary alicyclic amines) is 1. The van der Waals surface area contributed by atoms with E-state index in [1.165, 1.54) is 0 Å². The Morgan fingerprint density at radius 1 is 1.22 bits per heavy atom. The van der Waals surface area contributed by atoms with Crippen LogP contribution in [0, 0.1) is 5.92 Å². The van der Waals surface area contributed by atoms with Gasteiger partial charge in [0.25, 0.3) is 5.91 Å². The molecule has 0 radical (unpaired) electrons. The number of para-hydroxylation sites is 1. The summed E-state index contributed by atoms with van der Waals surface area (Å²) < 4.78 is 0. The summed E-state index contributed by atoms with van der Waals surface area (Å²) in [6.45, 7) is 7.20. The Morgan fingerprint density at radius 2 is 1.97 bits per heavy atom. The smallest absolute Gasteiger partial charge is 0.253 e. The van der Waals surface area contributed by atoms with E-state index in [0.717, 1.165) is 31.1 Å². The highest BCUT2D eigenvalue weighted by atomic mass is 16.3. The summed E-state index contributed by atoms with van der Waals surface area (Å²) in [7, 11) is 0. The number of carbonyl (C=O) groups is 2. The van der Waals surface area contributed by atoms with Crippen LogP contribution in [-0.4, -0.2) is 62.6 Å². The van der Waals surface area contributed by atoms with Gasteiger partial charge >= 0.3 is 0 Å². The Bertz CT molecular complexity index is 995. The topological polar surface area (TPSA) is 107 Å². The molecule has 172 valence electrons. The lowest BCUT2D eigenvalue weighted by Gasteiger charge is -2.32. The first kappa shape index (κ1) is 22.5. The molecule has 3 N–H and O–H groups in total. The van der Waals surface area contributed by atoms with E-state index in [2.05, 4.69) is 20.6 Å². The third-order valence-electron chi connectivity index (χ3n) is 6.45. The standard InChI is InChI=1S/C24H33N5O3/c1-24(2,3)29-14-15(11-20(29)31)12-25-22(32)19-6-4-5-16-13-26-23(28-21(16)19)27-17-7-9-18(30)10-8-17/h4-6,13,15,17-18,30H,7-12,14H2,1-3H3,(H,25,32)(H,26,27,28). The van der Waals surface area contributed by atoms with Gasteiger partial charge < -0.3 is 20.6 Å². The van der Waals surface area contributed by atoms with Crippen molar-refractivity contribution in [3.8, 4) is 0 Å². The molecule has 4 rings (SSSR count). The quantitative estimate of drug-likeness (QED) is 0.661. The van der Waals surface area contributed by atoms with E-state index < -0.39 is 0 Å². The Hall–Kier alpha value is -2.74. The first-order valence-electron chi connectivity index (χ1n) is 11.5. The number of rotatable bonds is 5. The highest BCUT2D eigenvalue weighted by Gasteiger charge is 2.36. The van der Waals surface area contributed by atoms with E-state index in [1.54, 1.807) is 12.3 Å². The average Bonchev–Trinajstić information content (AvgIpc) is 3.14. The average molecular weight is 440 g/mol. The Labute approximate surface area is 188 Å². The second-order valence-corrected chi connectivity index (χ2v) is 10.0. The molecule has 1 aliphatic heterocycles. The fraction of sp³-hybridized carbons (Fsp3) is 0.583. The van der Waals surface area contributed by atoms with Gasteiger partial charge in [-0.1, -0.05) is 12.1 Å². The van der Waals surface area contributed by atoms with Gasteiger partial charge in [0.1, 0.15) is 0 Å². The first-order chi connectivity index (χ1) is 15.2. The number of anilines is 1. The maximum Gasteiger partial charge on any atom is 0.253 e. The van der Waals surface area contributed by atoms with Crippen molar-refractivity contribution in [1.82, 2.24) is 20.2 Å². The second kappa shape index (κ2) is 9.02. The Morgan fingerprint density at radius 3 is 2.66 bits per heavy atom. The monoisotopic (exact) mass is 439 g/mol. The van der Waals surface area contributed by atoms with Crippen LogP contribution in [0.4, 0.5) is 5.95 Å². The minimum Gasteiger partial charge on any atom is -0.393 e. The molecule has 0 spiro atoms. The van der Waals surface area contributed by atoms with Crippen LogP contribution in [0.15, 0.2) is 24.4 Å². The van der Waals surface area contributed by atoms with Gasteiger partial charge in [-0.05, 0) is 52.5 Å². The van der Waals surface area contributed by atoms with Gasteiger partial charge in [0.2, 0.25) is 11.9 Å². The lowest BCUT2D eigenvalue weighted by molar-refractivity contribution is -0.131. The summed E-state index contributed by atoms with van der Waals surface area (Å²) in [6, 6.07) is 5.72. The van der Waals surface area contributed by atoms with E-state index >= 15 is 0 Å². The van der Waals surface area contributed by atoms with E-state index in [1.807, 2.05) is 37.8 Å². The largest absolute Gasteiger partial charge is 0.393 e. The molecule has 0 bridgehead atoms. The molecular weight excluding hydrogens is 406 g/mol. The predicted molar refractivity (Wildman–Crippen MR) is 123 cm³/mol. The number of benzene rings is 1. The molecule has 1 aromatic heterocycles. The van der Waals surface area contributed by atoms with Gasteiger partial charge in [0.05, 0.1) is 17.2 Å². The van der Waals surface area contributed by atoms with E-state index in [-0.39, 0.29) is 35.4 Å². The third kappa shape index (κ3) is 5.01. The predicted octanol–water partition coefficient (Wildman–Crippen LogP) is 2.72. The third-order valence-corrected chi connectivity index (χ3v) is 6.45. The number of fused-ring (bicyclic) bond motifs is 1. The summed E-state index contributed by atoms with van der Waals surface area (Å²) in [4.78, 5) is 36.2. The number of aliphatic hydroxyl groups is 1. The van der Waals surface area contributed by atoms with Crippen molar-refractivity contribution >= 4 is 28.7 Å². The van der Waals surface area contributed by atoms with Crippen molar-refractivity contribution in [2.75, 3.05) is 18.4 Å². The van der Waals surface area contributed by atoms with Crippen LogP contribution >= 0.6 is 0 Å². The Kier molecular flexibility index (Phi) is 6.33. The minimum absolute atomic E-state index is 0.106. The zero-order chi connectivity index (χ0) is 22.9. The van der Waals surface area contributed by atoms with Gasteiger partial charge in [-0.15, -0.1) is 0 Å². The summed E-state index contributed by atoms with van der Waals surface area (Å²) >= 11 is 0. The second-order valence-electron chi connectivity index (χ2n) is 10.0. The molecule has 8 nitrogen and oxygen atoms in total. The summed E-state index contributed by atoms with van der Waals surface area (Å²) in [5.74, 6) is 0.554. The maximum atomic E-state index is 13.0. The normalized spacial score (nSPS) is 24.1. The van der Waals surface area contributed by atoms with Gasteiger partial charge in [-0.3, -0.25) is 9.59 Å². The summed E-state index contributed by atoms with van der Waals surface area (Å²) in [5.41, 5.74) is 0.906. The highest BCUT2D eigenvalue weighted by Crippen LogP contribution is 2.26. The Balaban J connectivity index is 1.44. The van der Waals surface area contributed by atoms with Gasteiger partial charge in [0.15, 0.2) is 0 Å². The van der Waals surface area contributed by atoms with Crippen molar-refractivity contribution in [2.45, 2.75) is 70.6 Å². The van der Waals surface area contributed by atoms with E-state index in [0.29, 0.717) is 36.5 Å². The number of nitrogens with one attached hydrogen (secondary N) is 2. The molecule has 2 amide bonds. The van der Waals surface area contributed by atoms with Crippen LogP contribution in [0.2, 0.25) is 0 Å². The fourth-order valence-corrected chi connectivity index (χ4v) is 4.61. The van der Waals surface area contributed by atoms with E-state index in [9.17, 15) is 14.7 Å². The molecular formula is C24H33N5O3. The molecule has 2 fully saturated rings. The number of nitrogens with zero attached hydrogens (tertiary/aromatic N) is 3. The van der Waals surface area contributed by atoms with Crippen LogP contribution in [0.5, 0.6) is 0 Å². The summed E-state index contributed by atoms with van der Waals surface area (Å²) in [5, 5.41) is 16.9. The van der Waals surface area contributed by atoms with Crippen molar-refractivity contribution < 1.29 is 14.7 Å². The molecule has 1 aliphatic carbocycles. The lowest BCUT2D eigenvalue weighted by Crippen LogP contribution is -2.42. The van der Waals surface area contributed by atoms with E-state index in [4.69, 9.17) is 0 Å². The molecule has 32 heavy (non-hydrogen) atoms. The van der Waals surface area contributed by atoms with Crippen LogP contribution in [0.25, 0.3) is 10.9 Å². The molecule has 2 heterocycles. The molecule has 1 unspecified atom stereocenters. The molecule has 2 aromatic rings. The van der Waals surface area contributed by atoms with Crippen LogP contribution in [0.3, 0.4) is 0 Å². The van der Waals surface area contributed by atoms with Crippen molar-refractivity contribution in [2.24, 2.45) is 5.92 Å². The molecule has 1 saturated carbocycles. The zero-order valence-corrected chi connectivity index (χ0v) is 19.1. The minimum atomic E-state index is -0.216. The van der Waals surface area contributed by atoms with Crippen LogP contribution < -0.4 is 10.6 Å². The van der Waals surface area contributed by atoms with Crippen molar-refractivity contribution in [3.63, 3.8) is 0 Å². The molecule has 8 heteroatoms. The molecule has 2 aliphatic rings. The number of hydrogen-bond acceptors (Lipinski definition) is 6. The maximum absolute atomic E-state index is 13.0. The number of carbonyl (C=O) groups excluding carboxylic acids is 2. The zero-order valence-electron chi connectivity index (χ0n) is 19.1. The SMILES string of the molecule is CC(C)(C)N1CC(CNC(=O)c2cccc3cnc(NC4CCC(O)CC4)nc23)CC1=O. The summed E-state index contributed by atoms with van der Waals surface area (Å²) in [6.07, 6.45) is 5.26. The first-order valence-corrected chi connectivity index (χ1v) is 11.5. The lowest BCUT2D eigenvalue weighted by atomic mass is 9.93.